The summed E-state index contributed by atoms with van der Waals surface area (Å²) in [5.41, 5.74) is 2.18. The smallest absolute Gasteiger partial charge is 0.178 e. The summed E-state index contributed by atoms with van der Waals surface area (Å²) < 4.78 is 35.3. The molecule has 1 aliphatic heterocycles. The van der Waals surface area contributed by atoms with Gasteiger partial charge < -0.3 is 14.4 Å². The van der Waals surface area contributed by atoms with Crippen molar-refractivity contribution in [2.45, 2.75) is 11.3 Å². The van der Waals surface area contributed by atoms with Crippen LogP contribution in [0.4, 0.5) is 5.69 Å². The number of morpholine rings is 1. The molecule has 0 N–H and O–H groups in total. The third kappa shape index (κ3) is 4.52. The van der Waals surface area contributed by atoms with Crippen LogP contribution in [0.5, 0.6) is 5.75 Å². The van der Waals surface area contributed by atoms with Gasteiger partial charge in [0.15, 0.2) is 9.84 Å². The van der Waals surface area contributed by atoms with E-state index in [1.54, 1.807) is 31.4 Å². The van der Waals surface area contributed by atoms with E-state index in [9.17, 15) is 8.42 Å². The molecule has 2 aromatic carbocycles. The first-order chi connectivity index (χ1) is 12.1. The van der Waals surface area contributed by atoms with Crippen LogP contribution in [0.15, 0.2) is 53.4 Å². The van der Waals surface area contributed by atoms with E-state index >= 15 is 0 Å². The van der Waals surface area contributed by atoms with Crippen LogP contribution in [-0.2, 0) is 21.0 Å². The highest BCUT2D eigenvalue weighted by Gasteiger charge is 2.15. The Morgan fingerprint density at radius 3 is 2.24 bits per heavy atom. The first-order valence-corrected chi connectivity index (χ1v) is 10.0. The molecule has 5 nitrogen and oxygen atoms in total. The second kappa shape index (κ2) is 7.89. The van der Waals surface area contributed by atoms with E-state index in [-0.39, 0.29) is 5.75 Å². The minimum Gasteiger partial charge on any atom is -0.497 e. The van der Waals surface area contributed by atoms with Crippen molar-refractivity contribution in [3.8, 4) is 5.75 Å². The van der Waals surface area contributed by atoms with Crippen molar-refractivity contribution >= 4 is 15.5 Å². The largest absolute Gasteiger partial charge is 0.497 e. The predicted molar refractivity (Wildman–Crippen MR) is 98.2 cm³/mol. The van der Waals surface area contributed by atoms with Gasteiger partial charge in [-0.25, -0.2) is 8.42 Å². The SMILES string of the molecule is COc1ccc(S(=O)(=O)CCc2ccc(N3CCOCC3)cc2)cc1. The topological polar surface area (TPSA) is 55.8 Å². The highest BCUT2D eigenvalue weighted by atomic mass is 32.2. The average Bonchev–Trinajstić information content (AvgIpc) is 2.67. The Morgan fingerprint density at radius 2 is 1.64 bits per heavy atom. The summed E-state index contributed by atoms with van der Waals surface area (Å²) in [6, 6.07) is 14.7. The number of rotatable bonds is 6. The Hall–Kier alpha value is -2.05. The lowest BCUT2D eigenvalue weighted by molar-refractivity contribution is 0.122. The normalized spacial score (nSPS) is 15.2. The van der Waals surface area contributed by atoms with Crippen LogP contribution in [0.3, 0.4) is 0 Å². The van der Waals surface area contributed by atoms with Crippen molar-refractivity contribution in [1.29, 1.82) is 0 Å². The molecule has 0 amide bonds. The molecule has 0 aromatic heterocycles. The molecule has 134 valence electrons. The molecule has 0 radical (unpaired) electrons. The lowest BCUT2D eigenvalue weighted by atomic mass is 10.1. The Labute approximate surface area is 149 Å². The van der Waals surface area contributed by atoms with Gasteiger partial charge in [-0.3, -0.25) is 0 Å². The van der Waals surface area contributed by atoms with Crippen molar-refractivity contribution in [2.75, 3.05) is 44.1 Å². The number of nitrogens with zero attached hydrogens (tertiary/aromatic N) is 1. The maximum absolute atomic E-state index is 12.5. The molecule has 25 heavy (non-hydrogen) atoms. The van der Waals surface area contributed by atoms with Crippen molar-refractivity contribution in [2.24, 2.45) is 0 Å². The van der Waals surface area contributed by atoms with Crippen molar-refractivity contribution in [3.05, 3.63) is 54.1 Å². The van der Waals surface area contributed by atoms with Gasteiger partial charge in [-0.1, -0.05) is 12.1 Å². The molecule has 0 unspecified atom stereocenters. The number of anilines is 1. The fourth-order valence-corrected chi connectivity index (χ4v) is 4.14. The Morgan fingerprint density at radius 1 is 1.00 bits per heavy atom. The van der Waals surface area contributed by atoms with Crippen LogP contribution in [0.25, 0.3) is 0 Å². The number of aryl methyl sites for hydroxylation is 1. The number of methoxy groups -OCH3 is 1. The van der Waals surface area contributed by atoms with Gasteiger partial charge in [0.25, 0.3) is 0 Å². The zero-order chi connectivity index (χ0) is 17.7. The summed E-state index contributed by atoms with van der Waals surface area (Å²) in [4.78, 5) is 2.61. The molecule has 0 atom stereocenters. The van der Waals surface area contributed by atoms with E-state index in [0.717, 1.165) is 37.6 Å². The third-order valence-electron chi connectivity index (χ3n) is 4.39. The van der Waals surface area contributed by atoms with Crippen molar-refractivity contribution < 1.29 is 17.9 Å². The second-order valence-corrected chi connectivity index (χ2v) is 8.12. The molecule has 1 saturated heterocycles. The van der Waals surface area contributed by atoms with Gasteiger partial charge in [-0.05, 0) is 48.4 Å². The zero-order valence-corrected chi connectivity index (χ0v) is 15.2. The molecule has 0 aliphatic carbocycles. The van der Waals surface area contributed by atoms with E-state index in [4.69, 9.17) is 9.47 Å². The van der Waals surface area contributed by atoms with Gasteiger partial charge in [-0.15, -0.1) is 0 Å². The summed E-state index contributed by atoms with van der Waals surface area (Å²) in [5, 5.41) is 0. The van der Waals surface area contributed by atoms with Crippen LogP contribution < -0.4 is 9.64 Å². The quantitative estimate of drug-likeness (QED) is 0.791. The molecule has 1 heterocycles. The molecular weight excluding hydrogens is 338 g/mol. The fraction of sp³-hybridized carbons (Fsp3) is 0.368. The van der Waals surface area contributed by atoms with Crippen LogP contribution in [0, 0.1) is 0 Å². The van der Waals surface area contributed by atoms with E-state index in [1.165, 1.54) is 0 Å². The molecule has 3 rings (SSSR count). The lowest BCUT2D eigenvalue weighted by Crippen LogP contribution is -2.36. The molecule has 6 heteroatoms. The molecule has 0 spiro atoms. The highest BCUT2D eigenvalue weighted by Crippen LogP contribution is 2.20. The molecule has 2 aromatic rings. The number of ether oxygens (including phenoxy) is 2. The highest BCUT2D eigenvalue weighted by molar-refractivity contribution is 7.91. The molecular formula is C19H23NO4S. The molecule has 1 fully saturated rings. The first kappa shape index (κ1) is 17.8. The molecule has 1 aliphatic rings. The monoisotopic (exact) mass is 361 g/mol. The van der Waals surface area contributed by atoms with Gasteiger partial charge in [-0.2, -0.15) is 0 Å². The maximum Gasteiger partial charge on any atom is 0.178 e. The van der Waals surface area contributed by atoms with E-state index in [0.29, 0.717) is 17.1 Å². The van der Waals surface area contributed by atoms with E-state index < -0.39 is 9.84 Å². The fourth-order valence-electron chi connectivity index (χ4n) is 2.85. The summed E-state index contributed by atoms with van der Waals surface area (Å²) in [7, 11) is -1.74. The van der Waals surface area contributed by atoms with Crippen LogP contribution in [0.2, 0.25) is 0 Å². The Kier molecular flexibility index (Phi) is 5.60. The minimum atomic E-state index is -3.30. The van der Waals surface area contributed by atoms with Gasteiger partial charge in [0.05, 0.1) is 31.0 Å². The lowest BCUT2D eigenvalue weighted by Gasteiger charge is -2.28. The first-order valence-electron chi connectivity index (χ1n) is 8.37. The predicted octanol–water partition coefficient (Wildman–Crippen LogP) is 2.55. The van der Waals surface area contributed by atoms with Crippen molar-refractivity contribution in [1.82, 2.24) is 0 Å². The number of hydrogen-bond donors (Lipinski definition) is 0. The van der Waals surface area contributed by atoms with Crippen LogP contribution >= 0.6 is 0 Å². The minimum absolute atomic E-state index is 0.0935. The average molecular weight is 361 g/mol. The third-order valence-corrected chi connectivity index (χ3v) is 6.12. The summed E-state index contributed by atoms with van der Waals surface area (Å²) in [6.07, 6.45) is 0.498. The standard InChI is InChI=1S/C19H23NO4S/c1-23-18-6-8-19(9-7-18)25(21,22)15-10-16-2-4-17(5-3-16)20-11-13-24-14-12-20/h2-9H,10-15H2,1H3. The Balaban J connectivity index is 1.61. The summed E-state index contributed by atoms with van der Waals surface area (Å²) in [5.74, 6) is 0.744. The molecule has 0 saturated carbocycles. The van der Waals surface area contributed by atoms with Gasteiger partial charge >= 0.3 is 0 Å². The Bertz CT molecular complexity index is 779. The van der Waals surface area contributed by atoms with Crippen LogP contribution in [0.1, 0.15) is 5.56 Å². The maximum atomic E-state index is 12.5. The number of sulfone groups is 1. The number of hydrogen-bond acceptors (Lipinski definition) is 5. The van der Waals surface area contributed by atoms with Gasteiger partial charge in [0, 0.05) is 18.8 Å². The second-order valence-electron chi connectivity index (χ2n) is 6.01. The zero-order valence-electron chi connectivity index (χ0n) is 14.3. The van der Waals surface area contributed by atoms with Gasteiger partial charge in [0.1, 0.15) is 5.75 Å². The van der Waals surface area contributed by atoms with E-state index in [1.807, 2.05) is 12.1 Å². The van der Waals surface area contributed by atoms with Crippen molar-refractivity contribution in [3.63, 3.8) is 0 Å². The summed E-state index contributed by atoms with van der Waals surface area (Å²) in [6.45, 7) is 3.29. The van der Waals surface area contributed by atoms with Crippen LogP contribution in [-0.4, -0.2) is 47.6 Å². The molecule has 0 bridgehead atoms. The van der Waals surface area contributed by atoms with E-state index in [2.05, 4.69) is 17.0 Å². The van der Waals surface area contributed by atoms with Gasteiger partial charge in [0.2, 0.25) is 0 Å². The summed E-state index contributed by atoms with van der Waals surface area (Å²) >= 11 is 0. The number of benzene rings is 2.